The number of phosphoric ester groups is 2. The van der Waals surface area contributed by atoms with E-state index in [1.54, 1.807) is 0 Å². The van der Waals surface area contributed by atoms with Crippen LogP contribution in [-0.4, -0.2) is 96.7 Å². The fourth-order valence-electron chi connectivity index (χ4n) is 10.9. The maximum absolute atomic E-state index is 13.0. The number of aliphatic hydroxyl groups is 1. The van der Waals surface area contributed by atoms with Crippen LogP contribution in [0.5, 0.6) is 0 Å². The molecule has 19 heteroatoms. The zero-order chi connectivity index (χ0) is 67.3. The molecule has 0 spiro atoms. The number of aliphatic hydroxyl groups excluding tert-OH is 1. The Labute approximate surface area is 556 Å². The Kier molecular flexibility index (Phi) is 61.5. The molecule has 0 bridgehead atoms. The number of carbonyl (C=O) groups excluding carboxylic acids is 4. The third kappa shape index (κ3) is 65.1. The van der Waals surface area contributed by atoms with Crippen LogP contribution in [0.15, 0.2) is 0 Å². The Balaban J connectivity index is 5.22. The zero-order valence-electron chi connectivity index (χ0n) is 59.3. The van der Waals surface area contributed by atoms with Gasteiger partial charge in [0, 0.05) is 25.7 Å². The van der Waals surface area contributed by atoms with Gasteiger partial charge in [-0.2, -0.15) is 0 Å². The molecule has 0 aliphatic carbocycles. The molecule has 0 aliphatic rings. The Morgan fingerprint density at radius 2 is 0.560 bits per heavy atom. The van der Waals surface area contributed by atoms with Crippen LogP contribution < -0.4 is 0 Å². The Morgan fingerprint density at radius 1 is 0.319 bits per heavy atom. The molecule has 540 valence electrons. The van der Waals surface area contributed by atoms with E-state index in [0.717, 1.165) is 102 Å². The Hall–Kier alpha value is -1.94. The molecule has 91 heavy (non-hydrogen) atoms. The molecular formula is C72H140O17P2. The first-order valence-corrected chi connectivity index (χ1v) is 40.4. The topological polar surface area (TPSA) is 237 Å². The van der Waals surface area contributed by atoms with E-state index in [2.05, 4.69) is 48.5 Å². The summed E-state index contributed by atoms with van der Waals surface area (Å²) in [6, 6.07) is 0. The second-order valence-corrected chi connectivity index (χ2v) is 30.1. The highest BCUT2D eigenvalue weighted by molar-refractivity contribution is 7.47. The Morgan fingerprint density at radius 3 is 0.835 bits per heavy atom. The number of carbonyl (C=O) groups is 4. The standard InChI is InChI=1S/C72H140O17P2/c1-8-10-11-12-13-23-32-39-46-53-69(74)82-60-68(89-72(77)56-49-42-35-28-30-37-44-51-64(5)6)62-87-91(80,81)85-58-66(73)57-84-90(78,79)86-61-67(59-83-70(75)54-47-40-33-26-22-21-25-31-38-45-52-65(7)9-2)88-71(76)55-48-41-34-27-20-18-16-14-15-17-19-24-29-36-43-50-63(3)4/h63-68,73H,8-62H2,1-7H3,(H,78,79)(H,80,81)/t65?,66-,67-,68-/m1/s1. The van der Waals surface area contributed by atoms with Gasteiger partial charge in [-0.1, -0.05) is 312 Å². The normalized spacial score (nSPS) is 14.5. The van der Waals surface area contributed by atoms with E-state index < -0.39 is 97.5 Å². The van der Waals surface area contributed by atoms with Crippen molar-refractivity contribution in [1.82, 2.24) is 0 Å². The number of hydrogen-bond acceptors (Lipinski definition) is 15. The van der Waals surface area contributed by atoms with E-state index in [0.29, 0.717) is 31.6 Å². The van der Waals surface area contributed by atoms with Crippen LogP contribution in [0.2, 0.25) is 0 Å². The number of hydrogen-bond donors (Lipinski definition) is 3. The molecule has 0 aliphatic heterocycles. The van der Waals surface area contributed by atoms with Crippen LogP contribution >= 0.6 is 15.6 Å². The lowest BCUT2D eigenvalue weighted by molar-refractivity contribution is -0.161. The summed E-state index contributed by atoms with van der Waals surface area (Å²) in [4.78, 5) is 72.5. The lowest BCUT2D eigenvalue weighted by atomic mass is 9.99. The minimum absolute atomic E-state index is 0.103. The second kappa shape index (κ2) is 62.8. The number of esters is 4. The first-order valence-electron chi connectivity index (χ1n) is 37.4. The van der Waals surface area contributed by atoms with Crippen LogP contribution in [-0.2, 0) is 65.4 Å². The van der Waals surface area contributed by atoms with Crippen LogP contribution in [0.3, 0.4) is 0 Å². The average molecular weight is 1340 g/mol. The highest BCUT2D eigenvalue weighted by atomic mass is 31.2. The lowest BCUT2D eigenvalue weighted by Crippen LogP contribution is -2.30. The second-order valence-electron chi connectivity index (χ2n) is 27.2. The van der Waals surface area contributed by atoms with Gasteiger partial charge in [0.15, 0.2) is 12.2 Å². The molecule has 0 aromatic rings. The van der Waals surface area contributed by atoms with E-state index in [1.807, 2.05) is 0 Å². The number of phosphoric acid groups is 2. The molecule has 0 heterocycles. The van der Waals surface area contributed by atoms with E-state index in [4.69, 9.17) is 37.0 Å². The number of unbranched alkanes of at least 4 members (excludes halogenated alkanes) is 37. The zero-order valence-corrected chi connectivity index (χ0v) is 61.1. The number of ether oxygens (including phenoxy) is 4. The largest absolute Gasteiger partial charge is 0.472 e. The van der Waals surface area contributed by atoms with Gasteiger partial charge in [-0.25, -0.2) is 9.13 Å². The molecule has 3 N–H and O–H groups in total. The maximum atomic E-state index is 13.0. The molecule has 17 nitrogen and oxygen atoms in total. The summed E-state index contributed by atoms with van der Waals surface area (Å²) in [6.45, 7) is 11.8. The summed E-state index contributed by atoms with van der Waals surface area (Å²) in [6.07, 6.45) is 47.2. The number of rotatable bonds is 70. The van der Waals surface area contributed by atoms with Gasteiger partial charge in [-0.05, 0) is 43.4 Å². The average Bonchev–Trinajstić information content (AvgIpc) is 2.98. The van der Waals surface area contributed by atoms with Crippen molar-refractivity contribution in [3.05, 3.63) is 0 Å². The molecule has 0 aromatic carbocycles. The summed E-state index contributed by atoms with van der Waals surface area (Å²) in [5.41, 5.74) is 0. The lowest BCUT2D eigenvalue weighted by Gasteiger charge is -2.21. The van der Waals surface area contributed by atoms with Crippen LogP contribution in [0.25, 0.3) is 0 Å². The summed E-state index contributed by atoms with van der Waals surface area (Å²) in [5.74, 6) is 0.182. The van der Waals surface area contributed by atoms with Crippen molar-refractivity contribution in [1.29, 1.82) is 0 Å². The van der Waals surface area contributed by atoms with E-state index in [9.17, 15) is 43.2 Å². The van der Waals surface area contributed by atoms with Gasteiger partial charge in [0.25, 0.3) is 0 Å². The third-order valence-electron chi connectivity index (χ3n) is 17.0. The van der Waals surface area contributed by atoms with Crippen molar-refractivity contribution in [2.75, 3.05) is 39.6 Å². The van der Waals surface area contributed by atoms with Gasteiger partial charge in [0.05, 0.1) is 26.4 Å². The van der Waals surface area contributed by atoms with Crippen molar-refractivity contribution < 1.29 is 80.2 Å². The summed E-state index contributed by atoms with van der Waals surface area (Å²) < 4.78 is 68.3. The maximum Gasteiger partial charge on any atom is 0.472 e. The SMILES string of the molecule is CCCCCCCCCCCC(=O)OC[C@H](COP(=O)(O)OC[C@H](O)COP(=O)(O)OC[C@@H](COC(=O)CCCCCCCCCCCCC(C)CC)OC(=O)CCCCCCCCCCCCCCCCCC(C)C)OC(=O)CCCCCCCCCC(C)C. The highest BCUT2D eigenvalue weighted by Gasteiger charge is 2.30. The summed E-state index contributed by atoms with van der Waals surface area (Å²) in [5, 5.41) is 10.6. The molecule has 0 aromatic heterocycles. The molecule has 0 saturated carbocycles. The first kappa shape index (κ1) is 89.1. The van der Waals surface area contributed by atoms with E-state index in [1.165, 1.54) is 173 Å². The van der Waals surface area contributed by atoms with Gasteiger partial charge in [0.2, 0.25) is 0 Å². The quantitative estimate of drug-likeness (QED) is 0.0222. The molecular weight excluding hydrogens is 1200 g/mol. The molecule has 0 rings (SSSR count). The van der Waals surface area contributed by atoms with Gasteiger partial charge in [0.1, 0.15) is 19.3 Å². The Bertz CT molecular complexity index is 1790. The van der Waals surface area contributed by atoms with Crippen LogP contribution in [0.1, 0.15) is 363 Å². The van der Waals surface area contributed by atoms with E-state index in [-0.39, 0.29) is 25.7 Å². The third-order valence-corrected chi connectivity index (χ3v) is 18.9. The highest BCUT2D eigenvalue weighted by Crippen LogP contribution is 2.45. The van der Waals surface area contributed by atoms with Crippen molar-refractivity contribution in [3.8, 4) is 0 Å². The fraction of sp³-hybridized carbons (Fsp3) is 0.944. The predicted octanol–water partition coefficient (Wildman–Crippen LogP) is 20.6. The minimum Gasteiger partial charge on any atom is -0.462 e. The molecule has 3 unspecified atom stereocenters. The fourth-order valence-corrected chi connectivity index (χ4v) is 12.4. The molecule has 0 radical (unpaired) electrons. The predicted molar refractivity (Wildman–Crippen MR) is 368 cm³/mol. The summed E-state index contributed by atoms with van der Waals surface area (Å²) >= 11 is 0. The first-order chi connectivity index (χ1) is 43.8. The monoisotopic (exact) mass is 1340 g/mol. The molecule has 6 atom stereocenters. The van der Waals surface area contributed by atoms with Crippen molar-refractivity contribution in [2.45, 2.75) is 381 Å². The van der Waals surface area contributed by atoms with Gasteiger partial charge >= 0.3 is 39.5 Å². The smallest absolute Gasteiger partial charge is 0.462 e. The molecule has 0 saturated heterocycles. The molecule has 0 fully saturated rings. The van der Waals surface area contributed by atoms with Crippen LogP contribution in [0, 0.1) is 17.8 Å². The van der Waals surface area contributed by atoms with Crippen molar-refractivity contribution in [3.63, 3.8) is 0 Å². The van der Waals surface area contributed by atoms with Crippen LogP contribution in [0.4, 0.5) is 0 Å². The summed E-state index contributed by atoms with van der Waals surface area (Å²) in [7, 11) is -9.90. The van der Waals surface area contributed by atoms with Crippen molar-refractivity contribution in [2.24, 2.45) is 17.8 Å². The van der Waals surface area contributed by atoms with Gasteiger partial charge < -0.3 is 33.8 Å². The van der Waals surface area contributed by atoms with E-state index >= 15 is 0 Å². The van der Waals surface area contributed by atoms with Crippen molar-refractivity contribution >= 4 is 39.5 Å². The van der Waals surface area contributed by atoms with Gasteiger partial charge in [-0.3, -0.25) is 37.3 Å². The molecule has 0 amide bonds. The van der Waals surface area contributed by atoms with Gasteiger partial charge in [-0.15, -0.1) is 0 Å². The minimum atomic E-state index is -4.95.